The van der Waals surface area contributed by atoms with Crippen molar-refractivity contribution in [2.24, 2.45) is 0 Å². The van der Waals surface area contributed by atoms with Gasteiger partial charge in [-0.05, 0) is 17.7 Å². The van der Waals surface area contributed by atoms with Crippen molar-refractivity contribution in [2.45, 2.75) is 13.1 Å². The van der Waals surface area contributed by atoms with E-state index < -0.39 is 0 Å². The number of rotatable bonds is 5. The Labute approximate surface area is 122 Å². The highest BCUT2D eigenvalue weighted by molar-refractivity contribution is 5.51. The van der Waals surface area contributed by atoms with Crippen molar-refractivity contribution in [3.63, 3.8) is 0 Å². The number of phenolic OH excluding ortho intramolecular Hbond substituents is 1. The fourth-order valence-corrected chi connectivity index (χ4v) is 2.13. The molecular formula is C15H16N2O4. The molecule has 0 radical (unpaired) electrons. The van der Waals surface area contributed by atoms with E-state index in [9.17, 15) is 5.11 Å². The number of ether oxygens (including phenoxy) is 3. The number of hydrogen-bond donors (Lipinski definition) is 2. The molecule has 2 N–H and O–H groups in total. The van der Waals surface area contributed by atoms with Gasteiger partial charge in [-0.15, -0.1) is 0 Å². The van der Waals surface area contributed by atoms with Crippen molar-refractivity contribution in [1.29, 1.82) is 0 Å². The summed E-state index contributed by atoms with van der Waals surface area (Å²) in [5.74, 6) is 2.02. The Bertz CT molecular complexity index is 646. The lowest BCUT2D eigenvalue weighted by atomic mass is 10.1. The number of methoxy groups -OCH3 is 1. The summed E-state index contributed by atoms with van der Waals surface area (Å²) < 4.78 is 15.6. The normalized spacial score (nSPS) is 12.4. The number of benzene rings is 1. The van der Waals surface area contributed by atoms with Crippen LogP contribution in [0.4, 0.5) is 0 Å². The molecule has 0 amide bonds. The number of phenols is 1. The van der Waals surface area contributed by atoms with Crippen LogP contribution in [-0.4, -0.2) is 24.0 Å². The van der Waals surface area contributed by atoms with E-state index in [1.54, 1.807) is 25.4 Å². The van der Waals surface area contributed by atoms with Gasteiger partial charge in [-0.2, -0.15) is 0 Å². The van der Waals surface area contributed by atoms with E-state index in [0.717, 1.165) is 11.1 Å². The van der Waals surface area contributed by atoms with Crippen LogP contribution >= 0.6 is 0 Å². The predicted molar refractivity (Wildman–Crippen MR) is 75.6 cm³/mol. The third-order valence-electron chi connectivity index (χ3n) is 3.23. The van der Waals surface area contributed by atoms with Crippen LogP contribution in [0, 0.1) is 0 Å². The summed E-state index contributed by atoms with van der Waals surface area (Å²) in [7, 11) is 1.59. The smallest absolute Gasteiger partial charge is 0.231 e. The van der Waals surface area contributed by atoms with E-state index in [1.165, 1.54) is 0 Å². The number of nitrogens with one attached hydrogen (secondary N) is 1. The van der Waals surface area contributed by atoms with E-state index >= 15 is 0 Å². The first kappa shape index (κ1) is 13.5. The fraction of sp³-hybridized carbons (Fsp3) is 0.267. The molecule has 1 aromatic heterocycles. The first-order chi connectivity index (χ1) is 10.3. The van der Waals surface area contributed by atoms with Crippen LogP contribution in [0.3, 0.4) is 0 Å². The van der Waals surface area contributed by atoms with Crippen molar-refractivity contribution in [3.05, 3.63) is 41.6 Å². The number of hydrogen-bond acceptors (Lipinski definition) is 6. The largest absolute Gasteiger partial charge is 0.507 e. The molecule has 1 aliphatic rings. The topological polar surface area (TPSA) is 72.8 Å². The second-order valence-electron chi connectivity index (χ2n) is 4.64. The Hall–Kier alpha value is -2.47. The molecule has 0 fully saturated rings. The van der Waals surface area contributed by atoms with Crippen molar-refractivity contribution >= 4 is 0 Å². The minimum atomic E-state index is 0.194. The van der Waals surface area contributed by atoms with Gasteiger partial charge in [0.15, 0.2) is 11.5 Å². The third kappa shape index (κ3) is 3.00. The zero-order valence-electron chi connectivity index (χ0n) is 11.6. The van der Waals surface area contributed by atoms with Crippen molar-refractivity contribution in [3.8, 4) is 23.1 Å². The van der Waals surface area contributed by atoms with Gasteiger partial charge in [-0.3, -0.25) is 0 Å². The zero-order valence-corrected chi connectivity index (χ0v) is 11.6. The summed E-state index contributed by atoms with van der Waals surface area (Å²) in [5, 5.41) is 13.2. The number of nitrogens with zero attached hydrogens (tertiary/aromatic N) is 1. The first-order valence-corrected chi connectivity index (χ1v) is 6.57. The molecule has 0 aliphatic carbocycles. The minimum Gasteiger partial charge on any atom is -0.507 e. The molecule has 0 saturated heterocycles. The standard InChI is InChI=1S/C15H16N2O4/c1-19-15-4-10(2-3-17-15)7-16-8-11-5-13-14(6-12(11)18)21-9-20-13/h2-6,16,18H,7-9H2,1H3. The van der Waals surface area contributed by atoms with Crippen molar-refractivity contribution in [2.75, 3.05) is 13.9 Å². The Morgan fingerprint density at radius 3 is 2.86 bits per heavy atom. The third-order valence-corrected chi connectivity index (χ3v) is 3.23. The quantitative estimate of drug-likeness (QED) is 0.874. The van der Waals surface area contributed by atoms with Gasteiger partial charge in [-0.25, -0.2) is 4.98 Å². The maximum Gasteiger partial charge on any atom is 0.231 e. The van der Waals surface area contributed by atoms with Crippen molar-refractivity contribution < 1.29 is 19.3 Å². The van der Waals surface area contributed by atoms with Gasteiger partial charge >= 0.3 is 0 Å². The average Bonchev–Trinajstić information content (AvgIpc) is 2.94. The molecule has 110 valence electrons. The Kier molecular flexibility index (Phi) is 3.79. The second-order valence-corrected chi connectivity index (χ2v) is 4.64. The van der Waals surface area contributed by atoms with Crippen LogP contribution < -0.4 is 19.5 Å². The summed E-state index contributed by atoms with van der Waals surface area (Å²) in [5.41, 5.74) is 1.82. The van der Waals surface area contributed by atoms with Crippen LogP contribution in [0.5, 0.6) is 23.1 Å². The van der Waals surface area contributed by atoms with Crippen LogP contribution in [0.25, 0.3) is 0 Å². The number of pyridine rings is 1. The van der Waals surface area contributed by atoms with Gasteiger partial charge in [0.1, 0.15) is 5.75 Å². The Balaban J connectivity index is 1.62. The number of fused-ring (bicyclic) bond motifs is 1. The molecule has 2 heterocycles. The first-order valence-electron chi connectivity index (χ1n) is 6.57. The molecule has 0 spiro atoms. The van der Waals surface area contributed by atoms with Gasteiger partial charge in [0.2, 0.25) is 12.7 Å². The van der Waals surface area contributed by atoms with E-state index in [4.69, 9.17) is 14.2 Å². The van der Waals surface area contributed by atoms with Crippen molar-refractivity contribution in [1.82, 2.24) is 10.3 Å². The van der Waals surface area contributed by atoms with E-state index in [1.807, 2.05) is 12.1 Å². The summed E-state index contributed by atoms with van der Waals surface area (Å²) in [6.45, 7) is 1.36. The maximum absolute atomic E-state index is 9.95. The monoisotopic (exact) mass is 288 g/mol. The Morgan fingerprint density at radius 1 is 1.24 bits per heavy atom. The lowest BCUT2D eigenvalue weighted by Crippen LogP contribution is -2.13. The molecule has 0 bridgehead atoms. The lowest BCUT2D eigenvalue weighted by Gasteiger charge is -2.09. The van der Waals surface area contributed by atoms with E-state index in [-0.39, 0.29) is 12.5 Å². The van der Waals surface area contributed by atoms with Gasteiger partial charge in [0.05, 0.1) is 7.11 Å². The molecule has 0 unspecified atom stereocenters. The summed E-state index contributed by atoms with van der Waals surface area (Å²) in [6.07, 6.45) is 1.70. The predicted octanol–water partition coefficient (Wildman–Crippen LogP) is 1.81. The summed E-state index contributed by atoms with van der Waals surface area (Å²) in [6, 6.07) is 7.15. The van der Waals surface area contributed by atoms with Gasteiger partial charge in [0.25, 0.3) is 0 Å². The van der Waals surface area contributed by atoms with Gasteiger partial charge < -0.3 is 24.6 Å². The summed E-state index contributed by atoms with van der Waals surface area (Å²) in [4.78, 5) is 4.06. The highest BCUT2D eigenvalue weighted by atomic mass is 16.7. The molecule has 2 aromatic rings. The van der Waals surface area contributed by atoms with Crippen LogP contribution in [0.1, 0.15) is 11.1 Å². The number of aromatic nitrogens is 1. The fourth-order valence-electron chi connectivity index (χ4n) is 2.13. The number of aromatic hydroxyl groups is 1. The molecule has 6 nitrogen and oxygen atoms in total. The van der Waals surface area contributed by atoms with E-state index in [2.05, 4.69) is 10.3 Å². The molecule has 3 rings (SSSR count). The molecule has 0 atom stereocenters. The van der Waals surface area contributed by atoms with Gasteiger partial charge in [0, 0.05) is 37.0 Å². The molecular weight excluding hydrogens is 272 g/mol. The second kappa shape index (κ2) is 5.88. The molecule has 1 aromatic carbocycles. The summed E-state index contributed by atoms with van der Waals surface area (Å²) >= 11 is 0. The minimum absolute atomic E-state index is 0.194. The lowest BCUT2D eigenvalue weighted by molar-refractivity contribution is 0.174. The van der Waals surface area contributed by atoms with E-state index in [0.29, 0.717) is 30.5 Å². The Morgan fingerprint density at radius 2 is 2.05 bits per heavy atom. The van der Waals surface area contributed by atoms with Crippen LogP contribution in [0.15, 0.2) is 30.5 Å². The molecule has 0 saturated carbocycles. The SMILES string of the molecule is COc1cc(CNCc2cc3c(cc2O)OCO3)ccn1. The molecule has 21 heavy (non-hydrogen) atoms. The van der Waals surface area contributed by atoms with Gasteiger partial charge in [-0.1, -0.05) is 0 Å². The highest BCUT2D eigenvalue weighted by Gasteiger charge is 2.16. The molecule has 6 heteroatoms. The highest BCUT2D eigenvalue weighted by Crippen LogP contribution is 2.37. The van der Waals surface area contributed by atoms with Crippen LogP contribution in [-0.2, 0) is 13.1 Å². The zero-order chi connectivity index (χ0) is 14.7. The molecule has 1 aliphatic heterocycles. The average molecular weight is 288 g/mol. The van der Waals surface area contributed by atoms with Crippen LogP contribution in [0.2, 0.25) is 0 Å². The maximum atomic E-state index is 9.95.